The molecule has 1 unspecified atom stereocenters. The first kappa shape index (κ1) is 24.0. The molecule has 0 aliphatic carbocycles. The second kappa shape index (κ2) is 12.4. The summed E-state index contributed by atoms with van der Waals surface area (Å²) in [5, 5.41) is 0. The highest BCUT2D eigenvalue weighted by Gasteiger charge is 2.30. The maximum Gasteiger partial charge on any atom is 0.213 e. The Kier molecular flexibility index (Phi) is 8.74. The standard InChI is InChI=1S/C29H33N3O2/c33-24-29(34)28-23-31(21-26-12-6-2-7-13-26)17-16-30(20-25-10-4-1-5-11-25)18-19-32(28)22-27-14-8-3-9-15-27/h1-15,24,28H,16-23H2. The van der Waals surface area contributed by atoms with Crippen molar-refractivity contribution >= 4 is 12.1 Å². The lowest BCUT2D eigenvalue weighted by atomic mass is 10.1. The van der Waals surface area contributed by atoms with Crippen LogP contribution in [-0.2, 0) is 29.2 Å². The van der Waals surface area contributed by atoms with Crippen LogP contribution in [0.15, 0.2) is 91.0 Å². The van der Waals surface area contributed by atoms with E-state index >= 15 is 0 Å². The normalized spacial score (nSPS) is 18.5. The number of hydrogen-bond acceptors (Lipinski definition) is 5. The monoisotopic (exact) mass is 455 g/mol. The molecule has 0 bridgehead atoms. The molecule has 3 aromatic carbocycles. The van der Waals surface area contributed by atoms with Crippen molar-refractivity contribution in [2.75, 3.05) is 32.7 Å². The predicted molar refractivity (Wildman–Crippen MR) is 135 cm³/mol. The minimum absolute atomic E-state index is 0.342. The molecule has 5 heteroatoms. The Hall–Kier alpha value is -3.12. The van der Waals surface area contributed by atoms with Crippen LogP contribution < -0.4 is 0 Å². The van der Waals surface area contributed by atoms with E-state index in [1.807, 2.05) is 42.5 Å². The van der Waals surface area contributed by atoms with Gasteiger partial charge in [-0.05, 0) is 16.7 Å². The average Bonchev–Trinajstić information content (AvgIpc) is 2.96. The number of ketones is 1. The maximum absolute atomic E-state index is 12.9. The number of benzene rings is 3. The highest BCUT2D eigenvalue weighted by molar-refractivity contribution is 6.27. The fourth-order valence-corrected chi connectivity index (χ4v) is 4.61. The molecule has 1 aliphatic heterocycles. The van der Waals surface area contributed by atoms with Crippen molar-refractivity contribution in [2.24, 2.45) is 0 Å². The molecule has 4 rings (SSSR count). The quantitative estimate of drug-likeness (QED) is 0.383. The third kappa shape index (κ3) is 6.94. The van der Waals surface area contributed by atoms with Crippen LogP contribution in [0.2, 0.25) is 0 Å². The molecule has 34 heavy (non-hydrogen) atoms. The van der Waals surface area contributed by atoms with Gasteiger partial charge in [-0.15, -0.1) is 0 Å². The summed E-state index contributed by atoms with van der Waals surface area (Å²) < 4.78 is 0. The highest BCUT2D eigenvalue weighted by Crippen LogP contribution is 2.16. The summed E-state index contributed by atoms with van der Waals surface area (Å²) in [7, 11) is 0. The van der Waals surface area contributed by atoms with Crippen LogP contribution in [0.1, 0.15) is 16.7 Å². The smallest absolute Gasteiger partial charge is 0.213 e. The molecule has 176 valence electrons. The summed E-state index contributed by atoms with van der Waals surface area (Å²) in [5.41, 5.74) is 3.64. The van der Waals surface area contributed by atoms with Gasteiger partial charge in [0.2, 0.25) is 5.78 Å². The number of nitrogens with zero attached hydrogens (tertiary/aromatic N) is 3. The van der Waals surface area contributed by atoms with Gasteiger partial charge < -0.3 is 0 Å². The molecule has 1 atom stereocenters. The molecule has 0 amide bonds. The first-order chi connectivity index (χ1) is 16.7. The molecule has 0 radical (unpaired) electrons. The van der Waals surface area contributed by atoms with Gasteiger partial charge in [0, 0.05) is 52.4 Å². The van der Waals surface area contributed by atoms with E-state index in [1.54, 1.807) is 0 Å². The van der Waals surface area contributed by atoms with Crippen molar-refractivity contribution in [1.82, 2.24) is 14.7 Å². The molecule has 1 saturated heterocycles. The summed E-state index contributed by atoms with van der Waals surface area (Å²) >= 11 is 0. The average molecular weight is 456 g/mol. The lowest BCUT2D eigenvalue weighted by Crippen LogP contribution is -2.49. The van der Waals surface area contributed by atoms with Crippen LogP contribution >= 0.6 is 0 Å². The molecule has 0 spiro atoms. The molecule has 5 nitrogen and oxygen atoms in total. The summed E-state index contributed by atoms with van der Waals surface area (Å²) in [5.74, 6) is -0.342. The Morgan fingerprint density at radius 1 is 0.647 bits per heavy atom. The second-order valence-electron chi connectivity index (χ2n) is 8.97. The van der Waals surface area contributed by atoms with Crippen molar-refractivity contribution in [3.05, 3.63) is 108 Å². The third-order valence-electron chi connectivity index (χ3n) is 6.48. The van der Waals surface area contributed by atoms with E-state index in [4.69, 9.17) is 0 Å². The molecule has 3 aromatic rings. The van der Waals surface area contributed by atoms with Crippen molar-refractivity contribution in [3.63, 3.8) is 0 Å². The van der Waals surface area contributed by atoms with Gasteiger partial charge in [0.1, 0.15) is 0 Å². The molecule has 0 aromatic heterocycles. The Balaban J connectivity index is 1.59. The SMILES string of the molecule is O=CC(=O)C1CN(Cc2ccccc2)CCN(Cc2ccccc2)CCN1Cc1ccccc1. The lowest BCUT2D eigenvalue weighted by molar-refractivity contribution is -0.134. The zero-order valence-corrected chi connectivity index (χ0v) is 19.6. The maximum atomic E-state index is 12.9. The number of carbonyl (C=O) groups is 2. The molecule has 1 fully saturated rings. The molecule has 0 N–H and O–H groups in total. The van der Waals surface area contributed by atoms with Gasteiger partial charge in [0.05, 0.1) is 6.04 Å². The van der Waals surface area contributed by atoms with Crippen LogP contribution in [0.4, 0.5) is 0 Å². The summed E-state index contributed by atoms with van der Waals surface area (Å²) in [6.45, 7) is 6.11. The van der Waals surface area contributed by atoms with Crippen molar-refractivity contribution in [3.8, 4) is 0 Å². The van der Waals surface area contributed by atoms with Crippen LogP contribution in [0.25, 0.3) is 0 Å². The number of rotatable bonds is 8. The van der Waals surface area contributed by atoms with Gasteiger partial charge in [0.15, 0.2) is 6.29 Å². The van der Waals surface area contributed by atoms with Crippen LogP contribution in [0.5, 0.6) is 0 Å². The minimum Gasteiger partial charge on any atom is -0.297 e. The zero-order chi connectivity index (χ0) is 23.6. The van der Waals surface area contributed by atoms with E-state index in [1.165, 1.54) is 11.1 Å². The van der Waals surface area contributed by atoms with E-state index in [2.05, 4.69) is 63.2 Å². The second-order valence-corrected chi connectivity index (χ2v) is 8.97. The number of Topliss-reactive ketones (excluding diaryl/α,β-unsaturated/α-hetero) is 1. The first-order valence-corrected chi connectivity index (χ1v) is 12.0. The summed E-state index contributed by atoms with van der Waals surface area (Å²) in [6.07, 6.45) is 0.503. The third-order valence-corrected chi connectivity index (χ3v) is 6.48. The molecular weight excluding hydrogens is 422 g/mol. The van der Waals surface area contributed by atoms with Crippen molar-refractivity contribution < 1.29 is 9.59 Å². The van der Waals surface area contributed by atoms with Gasteiger partial charge in [0.25, 0.3) is 0 Å². The number of carbonyl (C=O) groups excluding carboxylic acids is 2. The van der Waals surface area contributed by atoms with Gasteiger partial charge in [-0.25, -0.2) is 0 Å². The van der Waals surface area contributed by atoms with Crippen molar-refractivity contribution in [2.45, 2.75) is 25.7 Å². The topological polar surface area (TPSA) is 43.9 Å². The van der Waals surface area contributed by atoms with Gasteiger partial charge in [-0.2, -0.15) is 0 Å². The fourth-order valence-electron chi connectivity index (χ4n) is 4.61. The fraction of sp³-hybridized carbons (Fsp3) is 0.310. The summed E-state index contributed by atoms with van der Waals surface area (Å²) in [4.78, 5) is 31.5. The van der Waals surface area contributed by atoms with E-state index < -0.39 is 6.04 Å². The Bertz CT molecular complexity index is 1030. The first-order valence-electron chi connectivity index (χ1n) is 12.0. The molecule has 1 heterocycles. The zero-order valence-electron chi connectivity index (χ0n) is 19.6. The van der Waals surface area contributed by atoms with Crippen LogP contribution in [-0.4, -0.2) is 65.5 Å². The Morgan fingerprint density at radius 3 is 1.62 bits per heavy atom. The number of aldehydes is 1. The van der Waals surface area contributed by atoms with Crippen LogP contribution in [0, 0.1) is 0 Å². The van der Waals surface area contributed by atoms with Crippen molar-refractivity contribution in [1.29, 1.82) is 0 Å². The molecule has 1 aliphatic rings. The lowest BCUT2D eigenvalue weighted by Gasteiger charge is -2.32. The van der Waals surface area contributed by atoms with Crippen LogP contribution in [0.3, 0.4) is 0 Å². The number of hydrogen-bond donors (Lipinski definition) is 0. The highest BCUT2D eigenvalue weighted by atomic mass is 16.2. The van der Waals surface area contributed by atoms with Gasteiger partial charge in [-0.3, -0.25) is 24.3 Å². The van der Waals surface area contributed by atoms with E-state index in [0.29, 0.717) is 19.4 Å². The van der Waals surface area contributed by atoms with E-state index in [-0.39, 0.29) is 5.78 Å². The molecular formula is C29H33N3O2. The minimum atomic E-state index is -0.460. The summed E-state index contributed by atoms with van der Waals surface area (Å²) in [6, 6.07) is 30.6. The predicted octanol–water partition coefficient (Wildman–Crippen LogP) is 3.64. The largest absolute Gasteiger partial charge is 0.297 e. The van der Waals surface area contributed by atoms with E-state index in [9.17, 15) is 9.59 Å². The van der Waals surface area contributed by atoms with Gasteiger partial charge >= 0.3 is 0 Å². The Labute approximate surface area is 202 Å². The van der Waals surface area contributed by atoms with Gasteiger partial charge in [-0.1, -0.05) is 91.0 Å². The molecule has 0 saturated carbocycles. The Morgan fingerprint density at radius 2 is 1.09 bits per heavy atom. The van der Waals surface area contributed by atoms with E-state index in [0.717, 1.165) is 44.8 Å².